The van der Waals surface area contributed by atoms with Crippen molar-refractivity contribution in [2.75, 3.05) is 19.6 Å². The lowest BCUT2D eigenvalue weighted by atomic mass is 9.64. The van der Waals surface area contributed by atoms with Crippen molar-refractivity contribution in [2.24, 2.45) is 11.7 Å². The van der Waals surface area contributed by atoms with Crippen LogP contribution in [0.25, 0.3) is 6.08 Å². The third kappa shape index (κ3) is 4.56. The number of likely N-dealkylation sites (tertiary alicyclic amines) is 1. The van der Waals surface area contributed by atoms with Crippen LogP contribution in [0.3, 0.4) is 0 Å². The predicted octanol–water partition coefficient (Wildman–Crippen LogP) is 4.40. The topological polar surface area (TPSA) is 89.5 Å². The van der Waals surface area contributed by atoms with Crippen LogP contribution in [-0.4, -0.2) is 35.4 Å². The Bertz CT molecular complexity index is 1090. The summed E-state index contributed by atoms with van der Waals surface area (Å²) in [5, 5.41) is 10.8. The molecule has 6 nitrogen and oxygen atoms in total. The van der Waals surface area contributed by atoms with E-state index in [0.717, 1.165) is 42.7 Å². The monoisotopic (exact) mass is 441 g/mol. The number of rotatable bonds is 8. The van der Waals surface area contributed by atoms with Gasteiger partial charge in [0.25, 0.3) is 5.69 Å². The summed E-state index contributed by atoms with van der Waals surface area (Å²) in [6.45, 7) is 2.34. The van der Waals surface area contributed by atoms with Gasteiger partial charge in [-0.2, -0.15) is 0 Å². The first-order valence-electron chi connectivity index (χ1n) is 11.1. The van der Waals surface area contributed by atoms with Gasteiger partial charge in [0.15, 0.2) is 0 Å². The van der Waals surface area contributed by atoms with Crippen molar-refractivity contribution in [3.63, 3.8) is 0 Å². The van der Waals surface area contributed by atoms with Crippen LogP contribution in [0.1, 0.15) is 23.1 Å². The zero-order chi connectivity index (χ0) is 23.3. The smallest absolute Gasteiger partial charge is 0.269 e. The molecule has 0 aromatic heterocycles. The van der Waals surface area contributed by atoms with Crippen LogP contribution in [0.15, 0.2) is 91.0 Å². The van der Waals surface area contributed by atoms with Crippen LogP contribution < -0.4 is 5.73 Å². The van der Waals surface area contributed by atoms with Crippen molar-refractivity contribution in [2.45, 2.75) is 11.8 Å². The zero-order valence-electron chi connectivity index (χ0n) is 18.3. The quantitative estimate of drug-likeness (QED) is 0.414. The molecule has 0 unspecified atom stereocenters. The van der Waals surface area contributed by atoms with E-state index < -0.39 is 10.3 Å². The molecule has 168 valence electrons. The highest BCUT2D eigenvalue weighted by molar-refractivity contribution is 5.91. The second-order valence-corrected chi connectivity index (χ2v) is 8.40. The zero-order valence-corrected chi connectivity index (χ0v) is 18.3. The lowest BCUT2D eigenvalue weighted by Crippen LogP contribution is -2.49. The summed E-state index contributed by atoms with van der Waals surface area (Å²) in [7, 11) is 0. The molecule has 1 fully saturated rings. The maximum Gasteiger partial charge on any atom is 0.269 e. The highest BCUT2D eigenvalue weighted by Gasteiger charge is 2.49. The molecular formula is C27H27N3O3. The summed E-state index contributed by atoms with van der Waals surface area (Å²) >= 11 is 0. The van der Waals surface area contributed by atoms with E-state index in [1.54, 1.807) is 12.1 Å². The second kappa shape index (κ2) is 9.79. The molecule has 1 amide bonds. The molecule has 0 saturated carbocycles. The maximum atomic E-state index is 13.1. The number of nitrogens with zero attached hydrogens (tertiary/aromatic N) is 2. The second-order valence-electron chi connectivity index (χ2n) is 8.40. The Morgan fingerprint density at radius 1 is 1.00 bits per heavy atom. The number of amides is 1. The van der Waals surface area contributed by atoms with Gasteiger partial charge in [0.1, 0.15) is 5.41 Å². The number of hydrogen-bond acceptors (Lipinski definition) is 4. The van der Waals surface area contributed by atoms with E-state index in [4.69, 9.17) is 5.73 Å². The van der Waals surface area contributed by atoms with Crippen molar-refractivity contribution in [3.05, 3.63) is 118 Å². The number of carbonyl (C=O) groups is 1. The molecule has 3 aromatic carbocycles. The largest absolute Gasteiger partial charge is 0.369 e. The van der Waals surface area contributed by atoms with Gasteiger partial charge in [-0.05, 0) is 47.7 Å². The number of nitrogens with two attached hydrogens (primary N) is 1. The van der Waals surface area contributed by atoms with E-state index >= 15 is 0 Å². The Hall–Kier alpha value is -3.77. The van der Waals surface area contributed by atoms with Crippen LogP contribution in [-0.2, 0) is 10.2 Å². The lowest BCUT2D eigenvalue weighted by Gasteiger charge is -2.37. The maximum absolute atomic E-state index is 13.1. The van der Waals surface area contributed by atoms with Crippen LogP contribution in [0.4, 0.5) is 5.69 Å². The number of nitro groups is 1. The van der Waals surface area contributed by atoms with Gasteiger partial charge in [0.2, 0.25) is 5.91 Å². The minimum atomic E-state index is -0.890. The van der Waals surface area contributed by atoms with Gasteiger partial charge in [-0.15, -0.1) is 0 Å². The van der Waals surface area contributed by atoms with E-state index in [2.05, 4.69) is 11.0 Å². The minimum Gasteiger partial charge on any atom is -0.369 e. The van der Waals surface area contributed by atoms with E-state index in [1.165, 1.54) is 12.1 Å². The molecule has 6 heteroatoms. The fourth-order valence-corrected chi connectivity index (χ4v) is 4.92. The van der Waals surface area contributed by atoms with Gasteiger partial charge >= 0.3 is 0 Å². The van der Waals surface area contributed by atoms with Crippen LogP contribution in [0.5, 0.6) is 0 Å². The van der Waals surface area contributed by atoms with Crippen molar-refractivity contribution in [3.8, 4) is 0 Å². The summed E-state index contributed by atoms with van der Waals surface area (Å²) in [6, 6.07) is 26.2. The summed E-state index contributed by atoms with van der Waals surface area (Å²) < 4.78 is 0. The normalized spacial score (nSPS) is 16.8. The fraction of sp³-hybridized carbons (Fsp3) is 0.222. The Morgan fingerprint density at radius 2 is 1.58 bits per heavy atom. The van der Waals surface area contributed by atoms with Gasteiger partial charge in [0.05, 0.1) is 4.92 Å². The molecule has 1 aliphatic heterocycles. The molecule has 33 heavy (non-hydrogen) atoms. The minimum absolute atomic E-state index is 0.0487. The van der Waals surface area contributed by atoms with Gasteiger partial charge in [-0.25, -0.2) is 0 Å². The number of benzene rings is 3. The van der Waals surface area contributed by atoms with Gasteiger partial charge in [-0.1, -0.05) is 72.8 Å². The Labute approximate surface area is 193 Å². The van der Waals surface area contributed by atoms with Gasteiger partial charge in [-0.3, -0.25) is 19.8 Å². The van der Waals surface area contributed by atoms with Gasteiger partial charge < -0.3 is 5.73 Å². The molecule has 0 aliphatic carbocycles. The number of primary amides is 1. The molecule has 1 aliphatic rings. The lowest BCUT2D eigenvalue weighted by molar-refractivity contribution is -0.384. The predicted molar refractivity (Wildman–Crippen MR) is 130 cm³/mol. The number of hydrogen-bond donors (Lipinski definition) is 1. The molecule has 0 radical (unpaired) electrons. The summed E-state index contributed by atoms with van der Waals surface area (Å²) in [6.07, 6.45) is 4.88. The standard InChI is InChI=1S/C27H27N3O3/c28-26(31)27(22-9-3-1-4-10-22,23-11-5-2-6-12-23)24-17-19-29(20-24)18-7-8-21-13-15-25(16-14-21)30(32)33/h1-16,24H,17-20H2,(H2,28,31)/b8-7+/t24-/m1/s1. The first-order chi connectivity index (χ1) is 16.0. The third-order valence-corrected chi connectivity index (χ3v) is 6.51. The number of carbonyl (C=O) groups excluding carboxylic acids is 1. The summed E-state index contributed by atoms with van der Waals surface area (Å²) in [4.78, 5) is 25.9. The Balaban J connectivity index is 1.54. The SMILES string of the molecule is NC(=O)C(c1ccccc1)(c1ccccc1)[C@@H]1CCN(C/C=C/c2ccc([N+](=O)[O-])cc2)C1. The first kappa shape index (κ1) is 22.4. The van der Waals surface area contributed by atoms with Crippen LogP contribution in [0, 0.1) is 16.0 Å². The average Bonchev–Trinajstić information content (AvgIpc) is 3.30. The molecule has 0 spiro atoms. The number of non-ortho nitro benzene ring substituents is 1. The van der Waals surface area contributed by atoms with Crippen molar-refractivity contribution >= 4 is 17.7 Å². The summed E-state index contributed by atoms with van der Waals surface area (Å²) in [5.41, 5.74) is 8.11. The van der Waals surface area contributed by atoms with E-state index in [-0.39, 0.29) is 17.5 Å². The van der Waals surface area contributed by atoms with E-state index in [0.29, 0.717) is 0 Å². The van der Waals surface area contributed by atoms with Crippen molar-refractivity contribution in [1.29, 1.82) is 0 Å². The molecule has 0 bridgehead atoms. The third-order valence-electron chi connectivity index (χ3n) is 6.51. The van der Waals surface area contributed by atoms with Crippen LogP contribution >= 0.6 is 0 Å². The van der Waals surface area contributed by atoms with E-state index in [9.17, 15) is 14.9 Å². The molecule has 1 saturated heterocycles. The molecule has 3 aromatic rings. The molecule has 1 atom stereocenters. The molecule has 1 heterocycles. The first-order valence-corrected chi connectivity index (χ1v) is 11.1. The van der Waals surface area contributed by atoms with Crippen LogP contribution in [0.2, 0.25) is 0 Å². The molecule has 2 N–H and O–H groups in total. The van der Waals surface area contributed by atoms with Crippen molar-refractivity contribution < 1.29 is 9.72 Å². The highest BCUT2D eigenvalue weighted by Crippen LogP contribution is 2.43. The average molecular weight is 442 g/mol. The number of nitro benzene ring substituents is 1. The van der Waals surface area contributed by atoms with E-state index in [1.807, 2.05) is 66.7 Å². The highest BCUT2D eigenvalue weighted by atomic mass is 16.6. The summed E-state index contributed by atoms with van der Waals surface area (Å²) in [5.74, 6) is -0.277. The van der Waals surface area contributed by atoms with Gasteiger partial charge in [0, 0.05) is 25.2 Å². The van der Waals surface area contributed by atoms with Crippen molar-refractivity contribution in [1.82, 2.24) is 4.90 Å². The Morgan fingerprint density at radius 3 is 2.09 bits per heavy atom. The fourth-order valence-electron chi connectivity index (χ4n) is 4.92. The molecular weight excluding hydrogens is 414 g/mol. The molecule has 4 rings (SSSR count). The Kier molecular flexibility index (Phi) is 6.66.